The summed E-state index contributed by atoms with van der Waals surface area (Å²) >= 11 is 0. The first-order valence-electron chi connectivity index (χ1n) is 10.7. The largest absolute Gasteiger partial charge is 0.364 e. The van der Waals surface area contributed by atoms with Gasteiger partial charge in [-0.25, -0.2) is 13.1 Å². The van der Waals surface area contributed by atoms with Gasteiger partial charge in [-0.3, -0.25) is 9.52 Å². The zero-order valence-corrected chi connectivity index (χ0v) is 20.2. The molecule has 10 nitrogen and oxygen atoms in total. The summed E-state index contributed by atoms with van der Waals surface area (Å²) in [5.74, 6) is -0.649. The minimum atomic E-state index is -3.62. The average molecular weight is 505 g/mol. The van der Waals surface area contributed by atoms with Crippen LogP contribution in [-0.4, -0.2) is 34.4 Å². The fourth-order valence-electron chi connectivity index (χ4n) is 4.03. The predicted molar refractivity (Wildman–Crippen MR) is 130 cm³/mol. The zero-order valence-electron chi connectivity index (χ0n) is 18.5. The third-order valence-corrected chi connectivity index (χ3v) is 8.01. The Morgan fingerprint density at radius 1 is 1.21 bits per heavy atom. The summed E-state index contributed by atoms with van der Waals surface area (Å²) in [6, 6.07) is 11.3. The number of unbranched alkanes of at least 4 members (excludes halogenated alkanes) is 1. The SMILES string of the molecule is CCCCS(=O)(=O)Nc1ccc2c(c1)-c1c(c(C(N)=O)nn1-c1ccc([S+](N)(=O)O)cc1)CC2. The number of fused-ring (bicyclic) bond motifs is 3. The van der Waals surface area contributed by atoms with E-state index in [0.717, 1.165) is 17.5 Å². The quantitative estimate of drug-likeness (QED) is 0.343. The highest BCUT2D eigenvalue weighted by atomic mass is 32.3. The van der Waals surface area contributed by atoms with Gasteiger partial charge in [0, 0.05) is 28.9 Å². The summed E-state index contributed by atoms with van der Waals surface area (Å²) in [7, 11) is -7.12. The molecule has 0 saturated carbocycles. The van der Waals surface area contributed by atoms with Crippen molar-refractivity contribution in [3.8, 4) is 16.9 Å². The van der Waals surface area contributed by atoms with E-state index in [1.165, 1.54) is 12.1 Å². The molecule has 0 radical (unpaired) electrons. The Hall–Kier alpha value is -3.06. The van der Waals surface area contributed by atoms with Crippen LogP contribution in [0.25, 0.3) is 16.9 Å². The van der Waals surface area contributed by atoms with Crippen molar-refractivity contribution < 1.29 is 22.0 Å². The Bertz CT molecular complexity index is 1410. The standard InChI is InChI=1S/C22H25N5O5S2/c1-2-3-12-33(29,30)26-15-6-4-14-5-11-18-20(22(23)28)25-27(21(18)19(14)13-15)16-7-9-17(10-8-16)34(24,31)32/h4,6-10,13,26H,2-3,5,11-12H2,1H3,(H4-,23,24,28,31,32)/p+1. The second-order valence-corrected chi connectivity index (χ2v) is 11.6. The minimum Gasteiger partial charge on any atom is -0.364 e. The number of aromatic nitrogens is 2. The molecule has 1 aromatic heterocycles. The van der Waals surface area contributed by atoms with Gasteiger partial charge in [0.2, 0.25) is 14.9 Å². The molecule has 34 heavy (non-hydrogen) atoms. The number of aryl methyl sites for hydroxylation is 1. The van der Waals surface area contributed by atoms with Gasteiger partial charge in [-0.2, -0.15) is 9.65 Å². The van der Waals surface area contributed by atoms with Crippen molar-refractivity contribution in [2.24, 2.45) is 10.9 Å². The van der Waals surface area contributed by atoms with Gasteiger partial charge in [-0.15, -0.1) is 5.14 Å². The van der Waals surface area contributed by atoms with Crippen molar-refractivity contribution in [1.29, 1.82) is 0 Å². The number of benzene rings is 2. The summed E-state index contributed by atoms with van der Waals surface area (Å²) in [6.45, 7) is 1.92. The Labute approximate surface area is 198 Å². The van der Waals surface area contributed by atoms with Crippen LogP contribution in [0.2, 0.25) is 0 Å². The van der Waals surface area contributed by atoms with Crippen molar-refractivity contribution >= 4 is 32.0 Å². The number of hydrogen-bond acceptors (Lipinski definition) is 5. The van der Waals surface area contributed by atoms with Crippen molar-refractivity contribution in [3.05, 3.63) is 59.3 Å². The molecular weight excluding hydrogens is 478 g/mol. The number of sulfonamides is 1. The van der Waals surface area contributed by atoms with E-state index in [1.807, 2.05) is 13.0 Å². The maximum atomic E-state index is 12.4. The molecule has 0 bridgehead atoms. The van der Waals surface area contributed by atoms with Gasteiger partial charge < -0.3 is 5.73 Å². The Balaban J connectivity index is 1.83. The number of nitrogens with zero attached hydrogens (tertiary/aromatic N) is 2. The normalized spacial score (nSPS) is 14.7. The summed E-state index contributed by atoms with van der Waals surface area (Å²) < 4.78 is 50.3. The van der Waals surface area contributed by atoms with E-state index in [1.54, 1.807) is 28.9 Å². The maximum Gasteiger partial charge on any atom is 0.320 e. The van der Waals surface area contributed by atoms with Crippen molar-refractivity contribution in [1.82, 2.24) is 9.78 Å². The van der Waals surface area contributed by atoms with Crippen molar-refractivity contribution in [3.63, 3.8) is 0 Å². The molecule has 12 heteroatoms. The Morgan fingerprint density at radius 3 is 2.53 bits per heavy atom. The Kier molecular flexibility index (Phi) is 6.34. The van der Waals surface area contributed by atoms with Gasteiger partial charge in [-0.05, 0) is 53.3 Å². The first-order valence-corrected chi connectivity index (χ1v) is 13.9. The molecule has 0 fully saturated rings. The molecule has 1 atom stereocenters. The molecule has 1 amide bonds. The number of hydrogen-bond donors (Lipinski definition) is 4. The number of carbonyl (C=O) groups is 1. The fraction of sp³-hybridized carbons (Fsp3) is 0.273. The number of anilines is 1. The summed E-state index contributed by atoms with van der Waals surface area (Å²) in [5, 5.41) is 9.74. The molecule has 2 aromatic carbocycles. The zero-order chi connectivity index (χ0) is 24.7. The van der Waals surface area contributed by atoms with Crippen LogP contribution < -0.4 is 15.6 Å². The van der Waals surface area contributed by atoms with Crippen LogP contribution in [0.4, 0.5) is 5.69 Å². The van der Waals surface area contributed by atoms with Crippen LogP contribution in [0, 0.1) is 0 Å². The van der Waals surface area contributed by atoms with Crippen LogP contribution in [0.5, 0.6) is 0 Å². The first kappa shape index (κ1) is 24.1. The van der Waals surface area contributed by atoms with Crippen LogP contribution in [0.3, 0.4) is 0 Å². The molecule has 6 N–H and O–H groups in total. The van der Waals surface area contributed by atoms with Crippen LogP contribution in [-0.2, 0) is 37.5 Å². The molecule has 0 saturated heterocycles. The molecule has 0 spiro atoms. The number of nitrogens with one attached hydrogen (secondary N) is 1. The van der Waals surface area contributed by atoms with E-state index < -0.39 is 26.3 Å². The lowest BCUT2D eigenvalue weighted by Crippen LogP contribution is -2.20. The molecule has 1 heterocycles. The van der Waals surface area contributed by atoms with Crippen LogP contribution in [0.1, 0.15) is 41.4 Å². The highest BCUT2D eigenvalue weighted by Gasteiger charge is 2.29. The van der Waals surface area contributed by atoms with E-state index in [4.69, 9.17) is 10.9 Å². The Morgan fingerprint density at radius 2 is 1.91 bits per heavy atom. The molecule has 0 aliphatic heterocycles. The fourth-order valence-corrected chi connectivity index (χ4v) is 5.82. The number of amides is 1. The van der Waals surface area contributed by atoms with Gasteiger partial charge in [-0.1, -0.05) is 19.4 Å². The van der Waals surface area contributed by atoms with E-state index in [0.29, 0.717) is 41.9 Å². The number of rotatable bonds is 8. The van der Waals surface area contributed by atoms with Crippen molar-refractivity contribution in [2.45, 2.75) is 37.5 Å². The van der Waals surface area contributed by atoms with Gasteiger partial charge in [0.15, 0.2) is 5.69 Å². The molecule has 4 rings (SSSR count). The topological polar surface area (TPSA) is 170 Å². The van der Waals surface area contributed by atoms with E-state index in [2.05, 4.69) is 9.82 Å². The molecule has 1 unspecified atom stereocenters. The molecule has 3 aromatic rings. The van der Waals surface area contributed by atoms with Gasteiger partial charge in [0.1, 0.15) is 0 Å². The van der Waals surface area contributed by atoms with Gasteiger partial charge in [0.05, 0.1) is 17.1 Å². The minimum absolute atomic E-state index is 0.0249. The number of carbonyl (C=O) groups excluding carboxylic acids is 1. The molecule has 1 aliphatic carbocycles. The van der Waals surface area contributed by atoms with Crippen LogP contribution >= 0.6 is 0 Å². The lowest BCUT2D eigenvalue weighted by molar-refractivity contribution is 0.0994. The van der Waals surface area contributed by atoms with Crippen molar-refractivity contribution in [2.75, 3.05) is 10.5 Å². The van der Waals surface area contributed by atoms with E-state index >= 15 is 0 Å². The van der Waals surface area contributed by atoms with Gasteiger partial charge >= 0.3 is 10.4 Å². The first-order chi connectivity index (χ1) is 16.0. The van der Waals surface area contributed by atoms with E-state index in [-0.39, 0.29) is 16.3 Å². The summed E-state index contributed by atoms with van der Waals surface area (Å²) in [5.41, 5.74) is 9.65. The van der Waals surface area contributed by atoms with E-state index in [9.17, 15) is 22.0 Å². The van der Waals surface area contributed by atoms with Gasteiger partial charge in [0.25, 0.3) is 5.91 Å². The smallest absolute Gasteiger partial charge is 0.320 e. The second-order valence-electron chi connectivity index (χ2n) is 8.16. The second kappa shape index (κ2) is 8.95. The van der Waals surface area contributed by atoms with Crippen LogP contribution in [0.15, 0.2) is 47.4 Å². The maximum absolute atomic E-state index is 12.4. The lowest BCUT2D eigenvalue weighted by Gasteiger charge is -2.20. The highest BCUT2D eigenvalue weighted by molar-refractivity contribution is 7.95. The highest BCUT2D eigenvalue weighted by Crippen LogP contribution is 2.38. The lowest BCUT2D eigenvalue weighted by atomic mass is 9.88. The number of primary amides is 1. The third-order valence-electron chi connectivity index (χ3n) is 5.69. The monoisotopic (exact) mass is 504 g/mol. The third kappa shape index (κ3) is 4.75. The number of nitrogens with two attached hydrogens (primary N) is 2. The molecular formula is C22H26N5O5S2+. The molecule has 1 aliphatic rings. The average Bonchev–Trinajstić information content (AvgIpc) is 3.17. The summed E-state index contributed by atoms with van der Waals surface area (Å²) in [6.07, 6.45) is 2.49. The molecule has 180 valence electrons. The predicted octanol–water partition coefficient (Wildman–Crippen LogP) is 2.48. The summed E-state index contributed by atoms with van der Waals surface area (Å²) in [4.78, 5) is 12.2.